The Kier molecular flexibility index (Phi) is 6.18. The zero-order valence-corrected chi connectivity index (χ0v) is 15.7. The van der Waals surface area contributed by atoms with Gasteiger partial charge < -0.3 is 9.84 Å². The van der Waals surface area contributed by atoms with E-state index in [9.17, 15) is 4.79 Å². The first-order chi connectivity index (χ1) is 12.6. The van der Waals surface area contributed by atoms with Gasteiger partial charge in [0.2, 0.25) is 0 Å². The molecule has 26 heavy (non-hydrogen) atoms. The highest BCUT2D eigenvalue weighted by atomic mass is 16.5. The molecule has 140 valence electrons. The van der Waals surface area contributed by atoms with E-state index in [1.54, 1.807) is 0 Å². The van der Waals surface area contributed by atoms with Crippen LogP contribution in [0.2, 0.25) is 0 Å². The molecule has 0 amide bonds. The van der Waals surface area contributed by atoms with Crippen LogP contribution < -0.4 is 4.74 Å². The summed E-state index contributed by atoms with van der Waals surface area (Å²) in [5.74, 6) is -0.0106. The van der Waals surface area contributed by atoms with Crippen molar-refractivity contribution in [2.45, 2.75) is 64.2 Å². The summed E-state index contributed by atoms with van der Waals surface area (Å²) < 4.78 is 6.02. The zero-order valence-electron chi connectivity index (χ0n) is 15.7. The van der Waals surface area contributed by atoms with Crippen LogP contribution in [0.5, 0.6) is 5.75 Å². The van der Waals surface area contributed by atoms with Gasteiger partial charge in [0.1, 0.15) is 12.4 Å². The van der Waals surface area contributed by atoms with Crippen molar-refractivity contribution in [3.63, 3.8) is 0 Å². The fourth-order valence-electron chi connectivity index (χ4n) is 4.54. The molecule has 1 spiro atoms. The van der Waals surface area contributed by atoms with E-state index in [1.165, 1.54) is 44.1 Å². The van der Waals surface area contributed by atoms with Gasteiger partial charge in [0.05, 0.1) is 6.42 Å². The van der Waals surface area contributed by atoms with E-state index in [4.69, 9.17) is 9.84 Å². The molecular weight excluding hydrogens is 324 g/mol. The molecule has 0 saturated heterocycles. The summed E-state index contributed by atoms with van der Waals surface area (Å²) in [6.45, 7) is 2.59. The Bertz CT molecular complexity index is 663. The fraction of sp³-hybridized carbons (Fsp3) is 0.522. The fourth-order valence-corrected chi connectivity index (χ4v) is 4.54. The van der Waals surface area contributed by atoms with Crippen molar-refractivity contribution in [1.82, 2.24) is 0 Å². The van der Waals surface area contributed by atoms with E-state index < -0.39 is 5.97 Å². The summed E-state index contributed by atoms with van der Waals surface area (Å²) in [6, 6.07) is 7.89. The van der Waals surface area contributed by atoms with Gasteiger partial charge in [-0.25, -0.2) is 0 Å². The maximum atomic E-state index is 11.0. The van der Waals surface area contributed by atoms with Crippen LogP contribution in [0.15, 0.2) is 48.1 Å². The Labute approximate surface area is 156 Å². The molecule has 3 heteroatoms. The molecule has 1 aromatic carbocycles. The van der Waals surface area contributed by atoms with Crippen molar-refractivity contribution >= 4 is 5.97 Å². The summed E-state index contributed by atoms with van der Waals surface area (Å²) in [7, 11) is 0. The minimum atomic E-state index is -0.779. The van der Waals surface area contributed by atoms with E-state index in [1.807, 2.05) is 43.3 Å². The first kappa shape index (κ1) is 18.8. The van der Waals surface area contributed by atoms with Crippen molar-refractivity contribution in [3.8, 4) is 5.75 Å². The minimum Gasteiger partial charge on any atom is -0.489 e. The summed E-state index contributed by atoms with van der Waals surface area (Å²) in [5.41, 5.74) is 2.93. The average molecular weight is 354 g/mol. The summed E-state index contributed by atoms with van der Waals surface area (Å²) in [6.07, 6.45) is 15.7. The molecular formula is C23H30O3. The van der Waals surface area contributed by atoms with Crippen LogP contribution in [-0.2, 0) is 4.79 Å². The highest BCUT2D eigenvalue weighted by Crippen LogP contribution is 2.47. The molecule has 2 aliphatic rings. The van der Waals surface area contributed by atoms with Crippen LogP contribution in [0, 0.1) is 5.41 Å². The van der Waals surface area contributed by atoms with Gasteiger partial charge in [-0.05, 0) is 67.7 Å². The zero-order chi connectivity index (χ0) is 18.4. The molecule has 1 atom stereocenters. The van der Waals surface area contributed by atoms with Crippen molar-refractivity contribution < 1.29 is 14.6 Å². The number of allylic oxidation sites excluding steroid dienone is 3. The molecule has 1 fully saturated rings. The lowest BCUT2D eigenvalue weighted by Crippen LogP contribution is -2.19. The molecule has 0 unspecified atom stereocenters. The van der Waals surface area contributed by atoms with Gasteiger partial charge >= 0.3 is 5.97 Å². The molecule has 0 aromatic heterocycles. The van der Waals surface area contributed by atoms with Crippen molar-refractivity contribution in [1.29, 1.82) is 0 Å². The minimum absolute atomic E-state index is 0.0881. The highest BCUT2D eigenvalue weighted by molar-refractivity contribution is 5.68. The summed E-state index contributed by atoms with van der Waals surface area (Å²) in [5, 5.41) is 9.08. The Morgan fingerprint density at radius 1 is 1.19 bits per heavy atom. The summed E-state index contributed by atoms with van der Waals surface area (Å²) in [4.78, 5) is 11.0. The third kappa shape index (κ3) is 4.78. The Morgan fingerprint density at radius 3 is 2.54 bits per heavy atom. The van der Waals surface area contributed by atoms with Gasteiger partial charge in [0.15, 0.2) is 0 Å². The number of benzene rings is 1. The Morgan fingerprint density at radius 2 is 1.88 bits per heavy atom. The van der Waals surface area contributed by atoms with Crippen LogP contribution in [0.1, 0.15) is 69.8 Å². The number of carboxylic acids is 1. The predicted octanol–water partition coefficient (Wildman–Crippen LogP) is 5.87. The van der Waals surface area contributed by atoms with Crippen molar-refractivity contribution in [2.75, 3.05) is 6.61 Å². The average Bonchev–Trinajstić information content (AvgIpc) is 3.07. The van der Waals surface area contributed by atoms with Crippen molar-refractivity contribution in [3.05, 3.63) is 53.6 Å². The van der Waals surface area contributed by atoms with Gasteiger partial charge in [0, 0.05) is 5.92 Å². The molecule has 1 aromatic rings. The lowest BCUT2D eigenvalue weighted by atomic mass is 9.75. The number of hydrogen-bond donors (Lipinski definition) is 1. The normalized spacial score (nSPS) is 20.3. The number of ether oxygens (including phenoxy) is 1. The van der Waals surface area contributed by atoms with Gasteiger partial charge in [-0.3, -0.25) is 4.79 Å². The molecule has 0 bridgehead atoms. The molecule has 0 radical (unpaired) electrons. The van der Waals surface area contributed by atoms with E-state index in [-0.39, 0.29) is 12.3 Å². The van der Waals surface area contributed by atoms with E-state index in [2.05, 4.69) is 6.08 Å². The van der Waals surface area contributed by atoms with Gasteiger partial charge in [0.25, 0.3) is 0 Å². The van der Waals surface area contributed by atoms with Crippen LogP contribution in [-0.4, -0.2) is 17.7 Å². The van der Waals surface area contributed by atoms with Crippen LogP contribution in [0.3, 0.4) is 0 Å². The standard InChI is InChI=1S/C23H30O3/c1-2-6-20(15-22(24)25)19-8-10-21(11-9-19)26-17-18-7-5-14-23(16-18)12-3-4-13-23/h2,6,8-11,16,20H,3-5,7,12-15,17H2,1H3,(H,24,25)/b6-2+/t20-/m0/s1. The lowest BCUT2D eigenvalue weighted by Gasteiger charge is -2.31. The Hall–Kier alpha value is -2.03. The first-order valence-corrected chi connectivity index (χ1v) is 9.88. The second-order valence-corrected chi connectivity index (χ2v) is 7.81. The third-order valence-electron chi connectivity index (χ3n) is 5.83. The van der Waals surface area contributed by atoms with E-state index >= 15 is 0 Å². The second-order valence-electron chi connectivity index (χ2n) is 7.81. The van der Waals surface area contributed by atoms with Crippen molar-refractivity contribution in [2.24, 2.45) is 5.41 Å². The van der Waals surface area contributed by atoms with Gasteiger partial charge in [-0.2, -0.15) is 0 Å². The van der Waals surface area contributed by atoms with E-state index in [0.717, 1.165) is 17.7 Å². The molecule has 2 aliphatic carbocycles. The number of carbonyl (C=O) groups is 1. The number of rotatable bonds is 7. The monoisotopic (exact) mass is 354 g/mol. The summed E-state index contributed by atoms with van der Waals surface area (Å²) >= 11 is 0. The maximum Gasteiger partial charge on any atom is 0.304 e. The van der Waals surface area contributed by atoms with Gasteiger partial charge in [-0.1, -0.05) is 43.2 Å². The molecule has 3 rings (SSSR count). The SMILES string of the molecule is C/C=C/[C@@H](CC(=O)O)c1ccc(OCC2=CC3(CCCC3)CCC2)cc1. The predicted molar refractivity (Wildman–Crippen MR) is 105 cm³/mol. The maximum absolute atomic E-state index is 11.0. The Balaban J connectivity index is 1.60. The van der Waals surface area contributed by atoms with Crippen LogP contribution in [0.4, 0.5) is 0 Å². The number of carboxylic acid groups (broad SMARTS) is 1. The number of hydrogen-bond acceptors (Lipinski definition) is 2. The topological polar surface area (TPSA) is 46.5 Å². The molecule has 0 heterocycles. The second kappa shape index (κ2) is 8.57. The third-order valence-corrected chi connectivity index (χ3v) is 5.83. The molecule has 1 N–H and O–H groups in total. The lowest BCUT2D eigenvalue weighted by molar-refractivity contribution is -0.137. The van der Waals surface area contributed by atoms with E-state index in [0.29, 0.717) is 12.0 Å². The highest BCUT2D eigenvalue weighted by Gasteiger charge is 2.33. The molecule has 1 saturated carbocycles. The van der Waals surface area contributed by atoms with Crippen LogP contribution in [0.25, 0.3) is 0 Å². The molecule has 3 nitrogen and oxygen atoms in total. The molecule has 0 aliphatic heterocycles. The largest absolute Gasteiger partial charge is 0.489 e. The smallest absolute Gasteiger partial charge is 0.304 e. The first-order valence-electron chi connectivity index (χ1n) is 9.88. The van der Waals surface area contributed by atoms with Crippen LogP contribution >= 0.6 is 0 Å². The van der Waals surface area contributed by atoms with Gasteiger partial charge in [-0.15, -0.1) is 0 Å². The number of aliphatic carboxylic acids is 1. The quantitative estimate of drug-likeness (QED) is 0.623.